The molecule has 63 nitrogen and oxygen atoms in total. The van der Waals surface area contributed by atoms with Gasteiger partial charge in [-0.2, -0.15) is 0 Å². The van der Waals surface area contributed by atoms with Crippen molar-refractivity contribution >= 4 is 37.2 Å². The minimum atomic E-state index is -2.87. The van der Waals surface area contributed by atoms with E-state index in [1.54, 1.807) is 0 Å². The first-order chi connectivity index (χ1) is 68.9. The van der Waals surface area contributed by atoms with Crippen LogP contribution in [-0.2, 0) is 128 Å². The molecule has 0 aromatic rings. The van der Waals surface area contributed by atoms with Crippen molar-refractivity contribution in [2.75, 3.05) is 72.7 Å². The van der Waals surface area contributed by atoms with Crippen LogP contribution in [0.5, 0.6) is 0 Å². The number of hydrogen-bond donors (Lipinski definition) is 36. The second kappa shape index (κ2) is 55.0. The van der Waals surface area contributed by atoms with Crippen molar-refractivity contribution in [2.24, 2.45) is 11.8 Å². The topological polar surface area (TPSA) is 992 Å². The fourth-order valence-corrected chi connectivity index (χ4v) is 18.8. The molecular weight excluding hydrogens is 2000 g/mol. The van der Waals surface area contributed by atoms with Gasteiger partial charge < -0.3 is 294 Å². The van der Waals surface area contributed by atoms with E-state index in [1.165, 1.54) is 20.8 Å². The van der Waals surface area contributed by atoms with E-state index in [-0.39, 0.29) is 0 Å². The molecule has 0 aliphatic carbocycles. The van der Waals surface area contributed by atoms with Gasteiger partial charge >= 0.3 is 0 Å². The molecule has 0 aromatic carbocycles. The summed E-state index contributed by atoms with van der Waals surface area (Å²) in [5.74, 6) is -11.4. The Kier molecular flexibility index (Phi) is 46.9. The molecule has 0 saturated carbocycles. The molecule has 0 spiro atoms. The molecular formula is C83H142N4O59. The Morgan fingerprint density at radius 2 is 0.568 bits per heavy atom. The zero-order valence-electron chi connectivity index (χ0n) is 79.7. The Hall–Kier alpha value is -4.90. The molecule has 11 rings (SSSR count). The summed E-state index contributed by atoms with van der Waals surface area (Å²) in [6, 6.07) is -7.31. The van der Waals surface area contributed by atoms with Crippen molar-refractivity contribution in [1.29, 1.82) is 0 Å². The molecule has 0 aromatic heterocycles. The molecule has 146 heavy (non-hydrogen) atoms. The average molecular weight is 2140 g/mol. The van der Waals surface area contributed by atoms with Crippen molar-refractivity contribution in [3.05, 3.63) is 0 Å². The first-order valence-corrected chi connectivity index (χ1v) is 46.6. The summed E-state index contributed by atoms with van der Waals surface area (Å²) in [6.07, 6.45) is -104. The molecule has 11 saturated heterocycles. The largest absolute Gasteiger partial charge is 0.394 e. The van der Waals surface area contributed by atoms with Gasteiger partial charge in [-0.3, -0.25) is 19.2 Å². The van der Waals surface area contributed by atoms with E-state index in [0.717, 1.165) is 27.7 Å². The van der Waals surface area contributed by atoms with Crippen LogP contribution in [0.1, 0.15) is 61.3 Å². The van der Waals surface area contributed by atoms with Crippen LogP contribution in [0, 0.1) is 11.8 Å². The van der Waals surface area contributed by atoms with Gasteiger partial charge in [0.25, 0.3) is 11.9 Å². The highest BCUT2D eigenvalue weighted by atomic mass is 16.9. The Morgan fingerprint density at radius 1 is 0.301 bits per heavy atom. The highest BCUT2D eigenvalue weighted by Gasteiger charge is 2.63. The van der Waals surface area contributed by atoms with Crippen molar-refractivity contribution < 1.29 is 292 Å². The fourth-order valence-electron chi connectivity index (χ4n) is 18.8. The highest BCUT2D eigenvalue weighted by molar-refractivity contribution is 5.74. The lowest BCUT2D eigenvalue weighted by atomic mass is 9.87. The molecule has 11 aliphatic rings. The molecule has 848 valence electrons. The van der Waals surface area contributed by atoms with Gasteiger partial charge in [-0.1, -0.05) is 13.8 Å². The second-order valence-corrected chi connectivity index (χ2v) is 37.1. The van der Waals surface area contributed by atoms with E-state index < -0.39 is 458 Å². The van der Waals surface area contributed by atoms with Crippen LogP contribution in [0.4, 0.5) is 0 Å². The Labute approximate surface area is 830 Å². The van der Waals surface area contributed by atoms with Crippen LogP contribution in [0.15, 0.2) is 0 Å². The number of amides is 4. The average Bonchev–Trinajstić information content (AvgIpc) is 0.757. The molecule has 4 amide bonds. The minimum absolute atomic E-state index is 0.661. The third-order valence-electron chi connectivity index (χ3n) is 26.9. The third-order valence-corrected chi connectivity index (χ3v) is 26.9. The van der Waals surface area contributed by atoms with Gasteiger partial charge in [0.15, 0.2) is 50.3 Å². The van der Waals surface area contributed by atoms with Crippen molar-refractivity contribution in [3.8, 4) is 0 Å². The normalized spacial score (nSPS) is 47.3. The van der Waals surface area contributed by atoms with Crippen LogP contribution < -0.4 is 21.3 Å². The maximum atomic E-state index is 13.3. The SMILES string of the molecule is C=O.C=O.CC(=O)NC1C(O)[C@H](O[C@@H]2OC(CO[C@]3(O)C[C@@H](O)[C@@H](C)C([C@H](O)C(O)CO)O3)[C@H](O)[C@H](O)C2O)[C@H](CO)O[C@H]1OC1[C@@H](OCC2O[C@@H](O[C@@H]3C(CO)O[C@@H](O[C@@H]4C(CO)O[C@@H](C)C(NC(C)=O)[C@H]4O)C(NC(C)=O)[C@H]3O)C(O)[C@@H](O[C@H]3OC(CO)[C@@H](O)C(O)C3O[C@@H]3OC(CO)[C@@H](O[C@@H]4OC(CO[C@]5(O)C[C@@H](O)[C@@H](C)C([C@H](O)C(O)CO)O5)[C@H](O)[C@H](O)C4O)[C@H](O)C3NC(C)=O)[C@@H]2O)OC(CO)[C@@H](O)[C@@H]1O. The first-order valence-electron chi connectivity index (χ1n) is 46.6. The minimum Gasteiger partial charge on any atom is -0.394 e. The molecule has 36 N–H and O–H groups in total. The summed E-state index contributed by atoms with van der Waals surface area (Å²) >= 11 is 0. The summed E-state index contributed by atoms with van der Waals surface area (Å²) < 4.78 is 125. The Balaban J connectivity index is 0.00000585. The standard InChI is InChI=1S/C81H138N4O57.2CH2O/c1-21-28(98)8-80(120,141-63(21)45(102)30(100)10-86)123-19-39-49(106)56(113)60(117)75(132-39)135-66-35(15-91)129-73(43(54(66)111)84-26(6)96)139-70-58(115)47(104)32(12-88)126-78(70)122-18-38-51(108)69(62(119)77(131-38)137-68-37(17-93)128-72(42(53(68)110)83-25(5)95)134-65-34(14-90)125-23(3)41(52(65)109)82-24(4)94)138-79-71(59(116)48(105)33(13-89)127-79)140-74-44(85-27(7)97)55(112)67(36(16-92)130-74)136-76-61(118)57(114)50(107)40(133-76)20-124-81(121)9-29(99)22(2)64(142-81)46(103)31(101)11-87;2*1-2/h21-23,28-79,86-93,98-121H,8-20H2,1-7H3,(H,82,94)(H,83,95)(H,84,96)(H,85,97);2*1H2/t21-,22-,23+,28-,29-,30?,31?,32?,33?,34?,35+,36?,37?,38?,39?,40?,41?,42?,43?,44?,45-,46-,47-,48-,49+,50+,51-,52-,53-,54?,55-,56+,57+,58+,59?,60?,61?,62?,63?,64?,65-,66-,67-,68-,69+,70?,71?,72+,73+,74+,75+,76+,77+,78+,79-,80-,81-;;/m1../s1. The summed E-state index contributed by atoms with van der Waals surface area (Å²) in [5.41, 5.74) is 0. The smallest absolute Gasteiger partial charge is 0.283 e. The zero-order valence-corrected chi connectivity index (χ0v) is 79.7. The fraction of sp³-hybridized carbons (Fsp3) is 0.928. The maximum absolute atomic E-state index is 13.3. The number of hydrogen-bond acceptors (Lipinski definition) is 59. The van der Waals surface area contributed by atoms with Crippen molar-refractivity contribution in [2.45, 2.75) is 398 Å². The van der Waals surface area contributed by atoms with Crippen LogP contribution in [0.2, 0.25) is 0 Å². The van der Waals surface area contributed by atoms with Gasteiger partial charge in [0.1, 0.15) is 251 Å². The van der Waals surface area contributed by atoms with Gasteiger partial charge in [0.2, 0.25) is 23.6 Å². The van der Waals surface area contributed by atoms with Gasteiger partial charge in [-0.15, -0.1) is 0 Å². The lowest BCUT2D eigenvalue weighted by molar-refractivity contribution is -0.428. The zero-order chi connectivity index (χ0) is 109. The van der Waals surface area contributed by atoms with Crippen LogP contribution in [0.25, 0.3) is 0 Å². The summed E-state index contributed by atoms with van der Waals surface area (Å²) in [6.45, 7) is -0.352. The monoisotopic (exact) mass is 2140 g/mol. The lowest BCUT2D eigenvalue weighted by Crippen LogP contribution is -2.71. The molecule has 11 fully saturated rings. The maximum Gasteiger partial charge on any atom is 0.283 e. The number of ether oxygens (including phenoxy) is 21. The van der Waals surface area contributed by atoms with Gasteiger partial charge in [0, 0.05) is 39.5 Å². The van der Waals surface area contributed by atoms with Gasteiger partial charge in [0.05, 0.1) is 122 Å². The number of carbonyl (C=O) groups excluding carboxylic acids is 6. The predicted molar refractivity (Wildman–Crippen MR) is 456 cm³/mol. The van der Waals surface area contributed by atoms with Crippen LogP contribution in [-0.4, -0.2) is 610 Å². The van der Waals surface area contributed by atoms with E-state index in [2.05, 4.69) is 21.3 Å². The summed E-state index contributed by atoms with van der Waals surface area (Å²) in [4.78, 5) is 68.0. The quantitative estimate of drug-likeness (QED) is 0.0254. The lowest BCUT2D eigenvalue weighted by Gasteiger charge is -2.51. The van der Waals surface area contributed by atoms with Gasteiger partial charge in [-0.25, -0.2) is 0 Å². The van der Waals surface area contributed by atoms with Crippen molar-refractivity contribution in [3.63, 3.8) is 0 Å². The molecule has 0 bridgehead atoms. The Morgan fingerprint density at radius 3 is 0.904 bits per heavy atom. The molecule has 0 radical (unpaired) electrons. The van der Waals surface area contributed by atoms with E-state index in [1.807, 2.05) is 13.6 Å². The molecule has 63 heteroatoms. The third kappa shape index (κ3) is 28.7. The van der Waals surface area contributed by atoms with Crippen LogP contribution in [0.3, 0.4) is 0 Å². The first kappa shape index (κ1) is 125. The predicted octanol–water partition coefficient (Wildman–Crippen LogP) is -23.0. The molecule has 11 aliphatic heterocycles. The van der Waals surface area contributed by atoms with Crippen LogP contribution >= 0.6 is 0 Å². The van der Waals surface area contributed by atoms with E-state index >= 15 is 0 Å². The van der Waals surface area contributed by atoms with Gasteiger partial charge in [-0.05, 0) is 6.92 Å². The highest BCUT2D eigenvalue weighted by Crippen LogP contribution is 2.44. The summed E-state index contributed by atoms with van der Waals surface area (Å²) in [7, 11) is 0. The number of aliphatic hydroxyl groups excluding tert-OH is 30. The second-order valence-electron chi connectivity index (χ2n) is 37.1. The molecule has 23 unspecified atom stereocenters. The molecule has 57 atom stereocenters. The van der Waals surface area contributed by atoms with E-state index in [0.29, 0.717) is 0 Å². The van der Waals surface area contributed by atoms with E-state index in [9.17, 15) is 183 Å². The Bertz CT molecular complexity index is 3960. The number of carbonyl (C=O) groups is 6. The number of aliphatic hydroxyl groups is 32. The summed E-state index contributed by atoms with van der Waals surface area (Å²) in [5, 5.41) is 369. The van der Waals surface area contributed by atoms with E-state index in [4.69, 9.17) is 109 Å². The number of rotatable bonds is 39. The molecule has 11 heterocycles. The number of nitrogens with one attached hydrogen (secondary N) is 4. The van der Waals surface area contributed by atoms with Crippen molar-refractivity contribution in [1.82, 2.24) is 21.3 Å².